The maximum atomic E-state index is 11.4. The van der Waals surface area contributed by atoms with Crippen LogP contribution in [0.2, 0.25) is 0 Å². The van der Waals surface area contributed by atoms with E-state index >= 15 is 0 Å². The molecule has 246 valence electrons. The van der Waals surface area contributed by atoms with Gasteiger partial charge in [0, 0.05) is 51.9 Å². The molecule has 2 unspecified atom stereocenters. The molecule has 0 bridgehead atoms. The standard InChI is InChI=1S/C17H25N3O2.3C2HF3O2/c1-18-10-15(17(21)22)11-20-8-7-19(13-16(20)12-18)9-14-5-3-2-4-6-14;3*3-2(4,5)1(6)7/h2-6,15-16H,7-13H2,1H3,(H,21,22);3*(H,6,7). The Morgan fingerprint density at radius 3 is 1.49 bits per heavy atom. The van der Waals surface area contributed by atoms with Crippen molar-refractivity contribution in [3.63, 3.8) is 0 Å². The lowest BCUT2D eigenvalue weighted by molar-refractivity contribution is -0.193. The molecule has 11 nitrogen and oxygen atoms in total. The minimum atomic E-state index is -5.08. The number of fused-ring (bicyclic) bond motifs is 1. The minimum Gasteiger partial charge on any atom is -0.481 e. The van der Waals surface area contributed by atoms with E-state index in [2.05, 4.69) is 39.0 Å². The fourth-order valence-electron chi connectivity index (χ4n) is 3.66. The van der Waals surface area contributed by atoms with Crippen LogP contribution in [0.5, 0.6) is 0 Å². The van der Waals surface area contributed by atoms with Crippen LogP contribution in [0.3, 0.4) is 0 Å². The minimum absolute atomic E-state index is 0.268. The summed E-state index contributed by atoms with van der Waals surface area (Å²) in [5.41, 5.74) is 1.35. The Hall–Kier alpha value is -3.65. The molecule has 43 heavy (non-hydrogen) atoms. The van der Waals surface area contributed by atoms with Crippen LogP contribution in [0.4, 0.5) is 39.5 Å². The van der Waals surface area contributed by atoms with Crippen LogP contribution in [0.1, 0.15) is 5.56 Å². The van der Waals surface area contributed by atoms with E-state index < -0.39 is 42.4 Å². The summed E-state index contributed by atoms with van der Waals surface area (Å²) in [5.74, 6) is -9.21. The second kappa shape index (κ2) is 16.8. The van der Waals surface area contributed by atoms with Crippen molar-refractivity contribution in [1.82, 2.24) is 14.7 Å². The number of piperazine rings is 1. The molecule has 4 N–H and O–H groups in total. The fourth-order valence-corrected chi connectivity index (χ4v) is 3.66. The summed E-state index contributed by atoms with van der Waals surface area (Å²) in [7, 11) is 2.04. The molecule has 3 rings (SSSR count). The van der Waals surface area contributed by atoms with Crippen molar-refractivity contribution in [1.29, 1.82) is 0 Å². The zero-order valence-electron chi connectivity index (χ0n) is 22.2. The quantitative estimate of drug-likeness (QED) is 0.358. The Labute approximate surface area is 237 Å². The first kappa shape index (κ1) is 39.4. The lowest BCUT2D eigenvalue weighted by Gasteiger charge is -2.41. The SMILES string of the molecule is CN1CC(C(=O)O)CN2CCN(Cc3ccccc3)CC2C1.O=C(O)C(F)(F)F.O=C(O)C(F)(F)F.O=C(O)C(F)(F)F. The topological polar surface area (TPSA) is 159 Å². The summed E-state index contributed by atoms with van der Waals surface area (Å²) in [6, 6.07) is 11.0. The average Bonchev–Trinajstić information content (AvgIpc) is 3.02. The van der Waals surface area contributed by atoms with Crippen LogP contribution in [0, 0.1) is 5.92 Å². The number of alkyl halides is 9. The largest absolute Gasteiger partial charge is 0.490 e. The fraction of sp³-hybridized carbons (Fsp3) is 0.565. The molecule has 2 atom stereocenters. The number of benzene rings is 1. The van der Waals surface area contributed by atoms with Gasteiger partial charge in [0.15, 0.2) is 0 Å². The molecule has 1 aromatic rings. The third-order valence-electron chi connectivity index (χ3n) is 5.52. The summed E-state index contributed by atoms with van der Waals surface area (Å²) < 4.78 is 95.2. The van der Waals surface area contributed by atoms with Gasteiger partial charge in [0.2, 0.25) is 0 Å². The highest BCUT2D eigenvalue weighted by Gasteiger charge is 2.39. The zero-order valence-corrected chi connectivity index (χ0v) is 22.2. The summed E-state index contributed by atoms with van der Waals surface area (Å²) in [6.07, 6.45) is -15.3. The third kappa shape index (κ3) is 16.5. The number of likely N-dealkylation sites (N-methyl/N-ethyl adjacent to an activating group) is 1. The lowest BCUT2D eigenvalue weighted by Crippen LogP contribution is -2.55. The van der Waals surface area contributed by atoms with E-state index in [0.717, 1.165) is 32.7 Å². The van der Waals surface area contributed by atoms with E-state index in [9.17, 15) is 49.4 Å². The van der Waals surface area contributed by atoms with Crippen LogP contribution < -0.4 is 0 Å². The second-order valence-electron chi connectivity index (χ2n) is 9.03. The van der Waals surface area contributed by atoms with Gasteiger partial charge in [-0.25, -0.2) is 14.4 Å². The molecule has 0 aliphatic carbocycles. The maximum Gasteiger partial charge on any atom is 0.490 e. The molecule has 0 saturated carbocycles. The number of carbonyl (C=O) groups is 4. The van der Waals surface area contributed by atoms with Gasteiger partial charge in [-0.15, -0.1) is 0 Å². The van der Waals surface area contributed by atoms with Crippen molar-refractivity contribution in [3.8, 4) is 0 Å². The first-order valence-electron chi connectivity index (χ1n) is 11.8. The Kier molecular flexibility index (Phi) is 15.4. The number of carboxylic acids is 4. The number of aliphatic carboxylic acids is 4. The molecule has 2 aliphatic heterocycles. The van der Waals surface area contributed by atoms with Crippen molar-refractivity contribution >= 4 is 23.9 Å². The van der Waals surface area contributed by atoms with E-state index in [1.807, 2.05) is 13.1 Å². The molecule has 2 saturated heterocycles. The van der Waals surface area contributed by atoms with Gasteiger partial charge in [-0.05, 0) is 12.6 Å². The van der Waals surface area contributed by atoms with E-state index in [1.54, 1.807) is 0 Å². The number of nitrogens with zero attached hydrogens (tertiary/aromatic N) is 3. The molecular weight excluding hydrogens is 617 g/mol. The highest BCUT2D eigenvalue weighted by atomic mass is 19.4. The van der Waals surface area contributed by atoms with Crippen molar-refractivity contribution in [2.45, 2.75) is 31.1 Å². The number of carboxylic acid groups (broad SMARTS) is 4. The summed E-state index contributed by atoms with van der Waals surface area (Å²) >= 11 is 0. The zero-order chi connectivity index (χ0) is 33.8. The highest BCUT2D eigenvalue weighted by molar-refractivity contribution is 5.73. The summed E-state index contributed by atoms with van der Waals surface area (Å²) in [6.45, 7) is 6.28. The van der Waals surface area contributed by atoms with E-state index in [0.29, 0.717) is 19.1 Å². The molecule has 1 aromatic carbocycles. The van der Waals surface area contributed by atoms with E-state index in [1.165, 1.54) is 5.56 Å². The van der Waals surface area contributed by atoms with Crippen molar-refractivity contribution < 1.29 is 79.1 Å². The van der Waals surface area contributed by atoms with Crippen LogP contribution in [-0.2, 0) is 25.7 Å². The van der Waals surface area contributed by atoms with Crippen molar-refractivity contribution in [2.75, 3.05) is 46.3 Å². The normalized spacial score (nSPS) is 19.9. The predicted octanol–water partition coefficient (Wildman–Crippen LogP) is 2.72. The monoisotopic (exact) mass is 645 g/mol. The van der Waals surface area contributed by atoms with Crippen molar-refractivity contribution in [2.24, 2.45) is 5.92 Å². The highest BCUT2D eigenvalue weighted by Crippen LogP contribution is 2.20. The van der Waals surface area contributed by atoms with Gasteiger partial charge < -0.3 is 25.3 Å². The molecule has 0 spiro atoms. The van der Waals surface area contributed by atoms with Gasteiger partial charge in [-0.3, -0.25) is 14.6 Å². The van der Waals surface area contributed by atoms with Crippen molar-refractivity contribution in [3.05, 3.63) is 35.9 Å². The van der Waals surface area contributed by atoms with Gasteiger partial charge in [0.05, 0.1) is 5.92 Å². The number of hydrogen-bond donors (Lipinski definition) is 4. The smallest absolute Gasteiger partial charge is 0.481 e. The molecule has 2 fully saturated rings. The third-order valence-corrected chi connectivity index (χ3v) is 5.52. The molecule has 0 amide bonds. The van der Waals surface area contributed by atoms with Gasteiger partial charge in [0.1, 0.15) is 0 Å². The number of halogens is 9. The van der Waals surface area contributed by atoms with Gasteiger partial charge in [-0.1, -0.05) is 30.3 Å². The Morgan fingerprint density at radius 2 is 1.12 bits per heavy atom. The summed E-state index contributed by atoms with van der Waals surface area (Å²) in [4.78, 5) is 45.1. The maximum absolute atomic E-state index is 11.4. The molecule has 0 radical (unpaired) electrons. The first-order chi connectivity index (χ1) is 19.4. The first-order valence-corrected chi connectivity index (χ1v) is 11.8. The van der Waals surface area contributed by atoms with Crippen LogP contribution in [0.15, 0.2) is 30.3 Å². The Morgan fingerprint density at radius 1 is 0.698 bits per heavy atom. The van der Waals surface area contributed by atoms with Crippen LogP contribution >= 0.6 is 0 Å². The lowest BCUT2D eigenvalue weighted by atomic mass is 10.1. The molecule has 2 aliphatic rings. The molecular formula is C23H28F9N3O8. The van der Waals surface area contributed by atoms with Gasteiger partial charge in [-0.2, -0.15) is 39.5 Å². The van der Waals surface area contributed by atoms with Crippen LogP contribution in [0.25, 0.3) is 0 Å². The molecule has 2 heterocycles. The molecule has 20 heteroatoms. The van der Waals surface area contributed by atoms with E-state index in [-0.39, 0.29) is 5.92 Å². The average molecular weight is 645 g/mol. The van der Waals surface area contributed by atoms with Gasteiger partial charge in [0.25, 0.3) is 0 Å². The van der Waals surface area contributed by atoms with E-state index in [4.69, 9.17) is 29.7 Å². The van der Waals surface area contributed by atoms with Crippen LogP contribution in [-0.4, -0.2) is 130 Å². The number of rotatable bonds is 3. The summed E-state index contributed by atoms with van der Waals surface area (Å²) in [5, 5.41) is 30.7. The Balaban J connectivity index is 0.000000690. The number of hydrogen-bond acceptors (Lipinski definition) is 7. The molecule has 0 aromatic heterocycles. The Bertz CT molecular complexity index is 996. The second-order valence-corrected chi connectivity index (χ2v) is 9.03. The van der Waals surface area contributed by atoms with Gasteiger partial charge >= 0.3 is 42.4 Å². The predicted molar refractivity (Wildman–Crippen MR) is 127 cm³/mol.